The SMILES string of the molecule is COc1cc(CCC(=O)NCc2ccc(C(=O)N3CC(C)OC(C)C3)cc2)cc(OC)c1OC. The predicted molar refractivity (Wildman–Crippen MR) is 129 cm³/mol. The maximum atomic E-state index is 12.8. The van der Waals surface area contributed by atoms with E-state index in [4.69, 9.17) is 18.9 Å². The van der Waals surface area contributed by atoms with Crippen molar-refractivity contribution in [3.05, 3.63) is 53.1 Å². The largest absolute Gasteiger partial charge is 0.493 e. The monoisotopic (exact) mass is 470 g/mol. The van der Waals surface area contributed by atoms with Crippen molar-refractivity contribution in [2.24, 2.45) is 0 Å². The molecule has 0 saturated carbocycles. The summed E-state index contributed by atoms with van der Waals surface area (Å²) in [5.74, 6) is 1.59. The molecule has 1 fully saturated rings. The zero-order valence-corrected chi connectivity index (χ0v) is 20.6. The first-order valence-electron chi connectivity index (χ1n) is 11.4. The molecule has 0 radical (unpaired) electrons. The van der Waals surface area contributed by atoms with E-state index in [1.807, 2.05) is 55.1 Å². The lowest BCUT2D eigenvalue weighted by molar-refractivity contribution is -0.121. The molecule has 2 amide bonds. The second-order valence-electron chi connectivity index (χ2n) is 8.47. The van der Waals surface area contributed by atoms with Crippen LogP contribution in [0.3, 0.4) is 0 Å². The highest BCUT2D eigenvalue weighted by Gasteiger charge is 2.26. The molecule has 184 valence electrons. The first-order valence-corrected chi connectivity index (χ1v) is 11.4. The Morgan fingerprint density at radius 3 is 2.06 bits per heavy atom. The third-order valence-electron chi connectivity index (χ3n) is 5.76. The predicted octanol–water partition coefficient (Wildman–Crippen LogP) is 3.21. The highest BCUT2D eigenvalue weighted by molar-refractivity contribution is 5.94. The van der Waals surface area contributed by atoms with E-state index in [1.54, 1.807) is 21.3 Å². The zero-order valence-electron chi connectivity index (χ0n) is 20.6. The highest BCUT2D eigenvalue weighted by atomic mass is 16.5. The molecule has 0 bridgehead atoms. The van der Waals surface area contributed by atoms with Crippen molar-refractivity contribution in [1.82, 2.24) is 10.2 Å². The second kappa shape index (κ2) is 11.7. The molecule has 8 nitrogen and oxygen atoms in total. The van der Waals surface area contributed by atoms with Crippen molar-refractivity contribution in [2.45, 2.75) is 45.4 Å². The number of aryl methyl sites for hydroxylation is 1. The van der Waals surface area contributed by atoms with Gasteiger partial charge in [0.15, 0.2) is 11.5 Å². The molecule has 0 spiro atoms. The molecule has 1 N–H and O–H groups in total. The number of rotatable bonds is 9. The summed E-state index contributed by atoms with van der Waals surface area (Å²) in [5, 5.41) is 2.93. The molecule has 2 atom stereocenters. The van der Waals surface area contributed by atoms with Crippen LogP contribution in [0, 0.1) is 0 Å². The number of carbonyl (C=O) groups excluding carboxylic acids is 2. The molecule has 2 unspecified atom stereocenters. The maximum Gasteiger partial charge on any atom is 0.254 e. The van der Waals surface area contributed by atoms with Crippen molar-refractivity contribution < 1.29 is 28.5 Å². The summed E-state index contributed by atoms with van der Waals surface area (Å²) < 4.78 is 21.8. The summed E-state index contributed by atoms with van der Waals surface area (Å²) in [6.07, 6.45) is 0.916. The quantitative estimate of drug-likeness (QED) is 0.606. The zero-order chi connectivity index (χ0) is 24.7. The van der Waals surface area contributed by atoms with Crippen molar-refractivity contribution in [3.63, 3.8) is 0 Å². The average molecular weight is 471 g/mol. The molecular formula is C26H34N2O6. The van der Waals surface area contributed by atoms with Crippen LogP contribution in [0.25, 0.3) is 0 Å². The fraction of sp³-hybridized carbons (Fsp3) is 0.462. The molecule has 1 aliphatic rings. The Bertz CT molecular complexity index is 956. The second-order valence-corrected chi connectivity index (χ2v) is 8.47. The summed E-state index contributed by atoms with van der Waals surface area (Å²) in [6.45, 7) is 5.53. The smallest absolute Gasteiger partial charge is 0.254 e. The molecule has 8 heteroatoms. The number of amides is 2. The normalized spacial score (nSPS) is 17.7. The summed E-state index contributed by atoms with van der Waals surface area (Å²) >= 11 is 0. The van der Waals surface area contributed by atoms with Gasteiger partial charge in [0.2, 0.25) is 11.7 Å². The topological polar surface area (TPSA) is 86.3 Å². The Kier molecular flexibility index (Phi) is 8.76. The van der Waals surface area contributed by atoms with Crippen LogP contribution in [0.5, 0.6) is 17.2 Å². The lowest BCUT2D eigenvalue weighted by atomic mass is 10.1. The standard InChI is InChI=1S/C26H34N2O6/c1-17-15-28(16-18(2)34-17)26(30)21-9-6-19(7-10-21)14-27-24(29)11-8-20-12-22(31-3)25(33-5)23(13-20)32-4/h6-7,9-10,12-13,17-18H,8,11,14-16H2,1-5H3,(H,27,29). The third-order valence-corrected chi connectivity index (χ3v) is 5.76. The Hall–Kier alpha value is -3.26. The molecule has 2 aromatic rings. The summed E-state index contributed by atoms with van der Waals surface area (Å²) in [7, 11) is 4.68. The van der Waals surface area contributed by atoms with Crippen LogP contribution in [0.15, 0.2) is 36.4 Å². The van der Waals surface area contributed by atoms with Crippen molar-refractivity contribution in [2.75, 3.05) is 34.4 Å². The minimum Gasteiger partial charge on any atom is -0.493 e. The van der Waals surface area contributed by atoms with Crippen LogP contribution in [-0.2, 0) is 22.5 Å². The number of benzene rings is 2. The van der Waals surface area contributed by atoms with Gasteiger partial charge >= 0.3 is 0 Å². The van der Waals surface area contributed by atoms with Gasteiger partial charge in [0.05, 0.1) is 33.5 Å². The third kappa shape index (κ3) is 6.41. The van der Waals surface area contributed by atoms with E-state index in [9.17, 15) is 9.59 Å². The molecule has 34 heavy (non-hydrogen) atoms. The molecular weight excluding hydrogens is 436 g/mol. The number of nitrogens with zero attached hydrogens (tertiary/aromatic N) is 1. The van der Waals surface area contributed by atoms with Crippen LogP contribution in [0.2, 0.25) is 0 Å². The first kappa shape index (κ1) is 25.4. The van der Waals surface area contributed by atoms with Crippen LogP contribution >= 0.6 is 0 Å². The van der Waals surface area contributed by atoms with Gasteiger partial charge in [0, 0.05) is 31.6 Å². The Morgan fingerprint density at radius 2 is 1.53 bits per heavy atom. The molecule has 1 saturated heterocycles. The number of nitrogens with one attached hydrogen (secondary N) is 1. The Labute approximate surface area is 201 Å². The number of carbonyl (C=O) groups is 2. The number of hydrogen-bond donors (Lipinski definition) is 1. The van der Waals surface area contributed by atoms with Gasteiger partial charge in [-0.3, -0.25) is 9.59 Å². The minimum absolute atomic E-state index is 0.00272. The summed E-state index contributed by atoms with van der Waals surface area (Å²) in [4.78, 5) is 27.0. The number of methoxy groups -OCH3 is 3. The van der Waals surface area contributed by atoms with E-state index < -0.39 is 0 Å². The van der Waals surface area contributed by atoms with Gasteiger partial charge in [-0.1, -0.05) is 12.1 Å². The maximum absolute atomic E-state index is 12.8. The highest BCUT2D eigenvalue weighted by Crippen LogP contribution is 2.38. The van der Waals surface area contributed by atoms with E-state index in [-0.39, 0.29) is 24.0 Å². The van der Waals surface area contributed by atoms with Crippen LogP contribution in [-0.4, -0.2) is 63.3 Å². The van der Waals surface area contributed by atoms with E-state index in [0.717, 1.165) is 11.1 Å². The van der Waals surface area contributed by atoms with Gasteiger partial charge in [0.1, 0.15) is 0 Å². The minimum atomic E-state index is -0.0646. The fourth-order valence-corrected chi connectivity index (χ4v) is 4.12. The number of morpholine rings is 1. The molecule has 2 aromatic carbocycles. The van der Waals surface area contributed by atoms with Crippen molar-refractivity contribution >= 4 is 11.8 Å². The van der Waals surface area contributed by atoms with Crippen molar-refractivity contribution in [1.29, 1.82) is 0 Å². The van der Waals surface area contributed by atoms with E-state index in [1.165, 1.54) is 0 Å². The van der Waals surface area contributed by atoms with Gasteiger partial charge in [-0.25, -0.2) is 0 Å². The van der Waals surface area contributed by atoms with E-state index in [0.29, 0.717) is 55.3 Å². The van der Waals surface area contributed by atoms with Crippen LogP contribution < -0.4 is 19.5 Å². The van der Waals surface area contributed by atoms with Gasteiger partial charge < -0.3 is 29.2 Å². The van der Waals surface area contributed by atoms with E-state index in [2.05, 4.69) is 5.32 Å². The van der Waals surface area contributed by atoms with Gasteiger partial charge in [-0.2, -0.15) is 0 Å². The fourth-order valence-electron chi connectivity index (χ4n) is 4.12. The van der Waals surface area contributed by atoms with E-state index >= 15 is 0 Å². The molecule has 1 aliphatic heterocycles. The Morgan fingerprint density at radius 1 is 0.941 bits per heavy atom. The summed E-state index contributed by atoms with van der Waals surface area (Å²) in [6, 6.07) is 11.1. The first-order chi connectivity index (χ1) is 16.3. The van der Waals surface area contributed by atoms with Gasteiger partial charge in [-0.05, 0) is 55.7 Å². The molecule has 3 rings (SSSR count). The van der Waals surface area contributed by atoms with Crippen LogP contribution in [0.4, 0.5) is 0 Å². The number of ether oxygens (including phenoxy) is 4. The number of hydrogen-bond acceptors (Lipinski definition) is 6. The van der Waals surface area contributed by atoms with Gasteiger partial charge in [-0.15, -0.1) is 0 Å². The summed E-state index contributed by atoms with van der Waals surface area (Å²) in [5.41, 5.74) is 2.49. The molecule has 0 aliphatic carbocycles. The van der Waals surface area contributed by atoms with Gasteiger partial charge in [0.25, 0.3) is 5.91 Å². The average Bonchev–Trinajstić information content (AvgIpc) is 2.84. The Balaban J connectivity index is 1.51. The lowest BCUT2D eigenvalue weighted by Crippen LogP contribution is -2.48. The lowest BCUT2D eigenvalue weighted by Gasteiger charge is -2.35. The van der Waals surface area contributed by atoms with Crippen molar-refractivity contribution in [3.8, 4) is 17.2 Å². The van der Waals surface area contributed by atoms with Crippen LogP contribution in [0.1, 0.15) is 41.8 Å². The molecule has 0 aromatic heterocycles. The molecule has 1 heterocycles.